The quantitative estimate of drug-likeness (QED) is 0.439. The number of thioether (sulfide) groups is 1. The van der Waals surface area contributed by atoms with Crippen LogP contribution in [0, 0.1) is 5.92 Å². The van der Waals surface area contributed by atoms with Crippen LogP contribution >= 0.6 is 11.8 Å². The van der Waals surface area contributed by atoms with Gasteiger partial charge in [-0.3, -0.25) is 9.69 Å². The fourth-order valence-corrected chi connectivity index (χ4v) is 4.84. The van der Waals surface area contributed by atoms with Crippen molar-refractivity contribution in [1.82, 2.24) is 4.90 Å². The highest BCUT2D eigenvalue weighted by Gasteiger charge is 2.56. The van der Waals surface area contributed by atoms with Gasteiger partial charge in [-0.25, -0.2) is 9.59 Å². The third-order valence-electron chi connectivity index (χ3n) is 4.72. The molecule has 4 rings (SSSR count). The molecule has 3 atom stereocenters. The lowest BCUT2D eigenvalue weighted by molar-refractivity contribution is -0.152. The van der Waals surface area contributed by atoms with Crippen molar-refractivity contribution in [3.63, 3.8) is 0 Å². The third kappa shape index (κ3) is 2.96. The normalized spacial score (nSPS) is 25.0. The Morgan fingerprint density at radius 3 is 2.89 bits per heavy atom. The standard InChI is InChI=1S/C19H17NO7S/c1-2-7-25-19(24)27-16-14(28-17-12(9-21)15(22)20(16)17)8-13-10-5-3-4-6-11(10)18(23)26-13/h2-6,12-13,17,21H,1,7-9H2/t12-,13-,17+/m0/s1. The molecule has 0 bridgehead atoms. The van der Waals surface area contributed by atoms with Gasteiger partial charge in [0.1, 0.15) is 18.1 Å². The lowest BCUT2D eigenvalue weighted by atomic mass is 9.99. The SMILES string of the molecule is C=CCOC(=O)OC1=C(C[C@@H]2OC(=O)c3ccccc32)S[C@@H]2[C@@H](CO)C(=O)N12. The van der Waals surface area contributed by atoms with Crippen LogP contribution < -0.4 is 0 Å². The highest BCUT2D eigenvalue weighted by atomic mass is 32.2. The van der Waals surface area contributed by atoms with E-state index in [1.54, 1.807) is 18.2 Å². The zero-order valence-corrected chi connectivity index (χ0v) is 15.5. The summed E-state index contributed by atoms with van der Waals surface area (Å²) in [7, 11) is 0. The van der Waals surface area contributed by atoms with Crippen molar-refractivity contribution in [1.29, 1.82) is 0 Å². The first kappa shape index (κ1) is 18.6. The van der Waals surface area contributed by atoms with Crippen LogP contribution in [0.5, 0.6) is 0 Å². The second kappa shape index (κ2) is 7.33. The van der Waals surface area contributed by atoms with E-state index in [-0.39, 0.29) is 36.8 Å². The van der Waals surface area contributed by atoms with E-state index < -0.39 is 24.1 Å². The van der Waals surface area contributed by atoms with Crippen molar-refractivity contribution in [3.05, 3.63) is 58.8 Å². The number of ether oxygens (including phenoxy) is 3. The Balaban J connectivity index is 1.59. The number of fused-ring (bicyclic) bond motifs is 2. The number of carbonyl (C=O) groups excluding carboxylic acids is 3. The number of hydrogen-bond acceptors (Lipinski definition) is 8. The lowest BCUT2D eigenvalue weighted by Gasteiger charge is -2.40. The topological polar surface area (TPSA) is 102 Å². The largest absolute Gasteiger partial charge is 0.515 e. The van der Waals surface area contributed by atoms with Gasteiger partial charge in [0.05, 0.1) is 23.0 Å². The molecule has 0 radical (unpaired) electrons. The highest BCUT2D eigenvalue weighted by molar-refractivity contribution is 8.04. The number of cyclic esters (lactones) is 1. The molecule has 0 spiro atoms. The summed E-state index contributed by atoms with van der Waals surface area (Å²) in [5, 5.41) is 9.07. The van der Waals surface area contributed by atoms with Crippen molar-refractivity contribution in [2.45, 2.75) is 17.9 Å². The molecule has 0 saturated carbocycles. The van der Waals surface area contributed by atoms with E-state index in [1.807, 2.05) is 6.07 Å². The number of rotatable bonds is 6. The maximum Gasteiger partial charge on any atom is 0.515 e. The zero-order valence-electron chi connectivity index (χ0n) is 14.7. The van der Waals surface area contributed by atoms with Crippen LogP contribution in [0.25, 0.3) is 0 Å². The summed E-state index contributed by atoms with van der Waals surface area (Å²) in [6.07, 6.45) is 0.137. The van der Waals surface area contributed by atoms with Crippen LogP contribution in [-0.2, 0) is 19.0 Å². The Morgan fingerprint density at radius 2 is 2.14 bits per heavy atom. The van der Waals surface area contributed by atoms with Crippen molar-refractivity contribution >= 4 is 29.8 Å². The van der Waals surface area contributed by atoms with Crippen LogP contribution in [0.15, 0.2) is 47.7 Å². The van der Waals surface area contributed by atoms with Gasteiger partial charge in [0, 0.05) is 12.0 Å². The van der Waals surface area contributed by atoms with E-state index in [0.717, 1.165) is 5.56 Å². The summed E-state index contributed by atoms with van der Waals surface area (Å²) in [6.45, 7) is 3.13. The number of aliphatic hydroxyl groups is 1. The number of amides is 1. The summed E-state index contributed by atoms with van der Waals surface area (Å²) in [4.78, 5) is 38.2. The van der Waals surface area contributed by atoms with E-state index in [4.69, 9.17) is 14.2 Å². The fraction of sp³-hybridized carbons (Fsp3) is 0.316. The van der Waals surface area contributed by atoms with Crippen LogP contribution in [0.2, 0.25) is 0 Å². The molecule has 28 heavy (non-hydrogen) atoms. The molecule has 1 aromatic rings. The van der Waals surface area contributed by atoms with Crippen molar-refractivity contribution in [3.8, 4) is 0 Å². The Morgan fingerprint density at radius 1 is 1.36 bits per heavy atom. The predicted octanol–water partition coefficient (Wildman–Crippen LogP) is 2.32. The molecule has 3 heterocycles. The summed E-state index contributed by atoms with van der Waals surface area (Å²) in [6, 6.07) is 7.07. The van der Waals surface area contributed by atoms with Gasteiger partial charge in [-0.15, -0.1) is 0 Å². The molecule has 3 aliphatic rings. The van der Waals surface area contributed by atoms with Gasteiger partial charge in [0.25, 0.3) is 0 Å². The molecule has 3 aliphatic heterocycles. The second-order valence-corrected chi connectivity index (χ2v) is 7.58. The molecule has 9 heteroatoms. The number of nitrogens with zero attached hydrogens (tertiary/aromatic N) is 1. The molecule has 1 N–H and O–H groups in total. The number of carbonyl (C=O) groups is 3. The van der Waals surface area contributed by atoms with E-state index in [9.17, 15) is 19.5 Å². The number of benzene rings is 1. The van der Waals surface area contributed by atoms with Crippen LogP contribution in [0.1, 0.15) is 28.4 Å². The summed E-state index contributed by atoms with van der Waals surface area (Å²) >= 11 is 1.31. The van der Waals surface area contributed by atoms with Gasteiger partial charge in [0.15, 0.2) is 0 Å². The van der Waals surface area contributed by atoms with Crippen molar-refractivity contribution in [2.75, 3.05) is 13.2 Å². The predicted molar refractivity (Wildman–Crippen MR) is 97.7 cm³/mol. The number of β-lactam (4-membered cyclic amide) rings is 1. The van der Waals surface area contributed by atoms with Gasteiger partial charge in [-0.05, 0) is 6.07 Å². The van der Waals surface area contributed by atoms with Gasteiger partial charge in [-0.1, -0.05) is 42.6 Å². The Kier molecular flexibility index (Phi) is 4.86. The van der Waals surface area contributed by atoms with Gasteiger partial charge < -0.3 is 19.3 Å². The Hall–Kier alpha value is -2.78. The first-order valence-electron chi connectivity index (χ1n) is 8.64. The smallest absolute Gasteiger partial charge is 0.453 e. The Bertz CT molecular complexity index is 896. The second-order valence-electron chi connectivity index (χ2n) is 6.37. The average Bonchev–Trinajstić information content (AvgIpc) is 3.16. The van der Waals surface area contributed by atoms with E-state index in [1.165, 1.54) is 22.7 Å². The molecular weight excluding hydrogens is 386 g/mol. The third-order valence-corrected chi connectivity index (χ3v) is 6.12. The average molecular weight is 403 g/mol. The van der Waals surface area contributed by atoms with E-state index in [2.05, 4.69) is 6.58 Å². The molecule has 1 amide bonds. The molecule has 146 valence electrons. The molecule has 1 fully saturated rings. The maximum absolute atomic E-state index is 12.3. The van der Waals surface area contributed by atoms with E-state index >= 15 is 0 Å². The number of aliphatic hydroxyl groups excluding tert-OH is 1. The molecule has 1 saturated heterocycles. The molecular formula is C19H17NO7S. The first-order valence-corrected chi connectivity index (χ1v) is 9.52. The molecule has 8 nitrogen and oxygen atoms in total. The molecule has 0 unspecified atom stereocenters. The number of esters is 1. The minimum atomic E-state index is -0.960. The first-order chi connectivity index (χ1) is 13.5. The molecule has 1 aromatic carbocycles. The fourth-order valence-electron chi connectivity index (χ4n) is 3.39. The van der Waals surface area contributed by atoms with Crippen LogP contribution in [0.3, 0.4) is 0 Å². The monoisotopic (exact) mass is 403 g/mol. The van der Waals surface area contributed by atoms with Gasteiger partial charge in [-0.2, -0.15) is 0 Å². The van der Waals surface area contributed by atoms with Crippen molar-refractivity contribution in [2.24, 2.45) is 5.92 Å². The molecule has 0 aromatic heterocycles. The number of hydrogen-bond donors (Lipinski definition) is 1. The van der Waals surface area contributed by atoms with Crippen molar-refractivity contribution < 1.29 is 33.7 Å². The van der Waals surface area contributed by atoms with Crippen LogP contribution in [0.4, 0.5) is 4.79 Å². The molecule has 0 aliphatic carbocycles. The Labute approximate surface area is 164 Å². The summed E-state index contributed by atoms with van der Waals surface area (Å²) in [5.74, 6) is -1.24. The zero-order chi connectivity index (χ0) is 19.8. The highest BCUT2D eigenvalue weighted by Crippen LogP contribution is 2.52. The van der Waals surface area contributed by atoms with Gasteiger partial charge >= 0.3 is 12.1 Å². The lowest BCUT2D eigenvalue weighted by Crippen LogP contribution is -2.58. The summed E-state index contributed by atoms with van der Waals surface area (Å²) < 4.78 is 15.6. The van der Waals surface area contributed by atoms with E-state index in [0.29, 0.717) is 10.5 Å². The summed E-state index contributed by atoms with van der Waals surface area (Å²) in [5.41, 5.74) is 1.24. The van der Waals surface area contributed by atoms with Gasteiger partial charge in [0.2, 0.25) is 11.8 Å². The maximum atomic E-state index is 12.3. The van der Waals surface area contributed by atoms with Crippen LogP contribution in [-0.4, -0.2) is 46.6 Å². The minimum absolute atomic E-state index is 0.0289. The minimum Gasteiger partial charge on any atom is -0.453 e.